The zero-order valence-electron chi connectivity index (χ0n) is 10.2. The first-order chi connectivity index (χ1) is 8.11. The number of ether oxygens (including phenoxy) is 1. The van der Waals surface area contributed by atoms with Gasteiger partial charge in [-0.05, 0) is 13.3 Å². The minimum Gasteiger partial charge on any atom is -0.458 e. The Bertz CT molecular complexity index is 302. The second-order valence-corrected chi connectivity index (χ2v) is 3.95. The molecule has 1 N–H and O–H groups in total. The maximum Gasteiger partial charge on any atom is 0.408 e. The van der Waals surface area contributed by atoms with Crippen molar-refractivity contribution in [2.75, 3.05) is 6.61 Å². The van der Waals surface area contributed by atoms with E-state index in [0.29, 0.717) is 6.42 Å². The zero-order chi connectivity index (χ0) is 12.8. The molecule has 0 saturated heterocycles. The van der Waals surface area contributed by atoms with Crippen molar-refractivity contribution < 1.29 is 24.4 Å². The summed E-state index contributed by atoms with van der Waals surface area (Å²) < 4.78 is 4.68. The van der Waals surface area contributed by atoms with Crippen LogP contribution >= 0.6 is 0 Å². The van der Waals surface area contributed by atoms with E-state index in [2.05, 4.69) is 11.7 Å². The normalized spacial score (nSPS) is 23.7. The molecule has 1 aliphatic heterocycles. The summed E-state index contributed by atoms with van der Waals surface area (Å²) >= 11 is 0. The first-order valence-electron chi connectivity index (χ1n) is 5.97. The van der Waals surface area contributed by atoms with E-state index in [1.807, 2.05) is 0 Å². The maximum atomic E-state index is 11.4. The molecule has 0 saturated carbocycles. The molecule has 0 spiro atoms. The molecule has 0 fully saturated rings. The van der Waals surface area contributed by atoms with E-state index in [1.165, 1.54) is 0 Å². The molecule has 6 heteroatoms. The summed E-state index contributed by atoms with van der Waals surface area (Å²) in [7, 11) is 0. The molecular weight excluding hydrogens is 226 g/mol. The molecule has 0 unspecified atom stereocenters. The van der Waals surface area contributed by atoms with Crippen molar-refractivity contribution in [2.45, 2.75) is 51.7 Å². The molecule has 0 aromatic rings. The van der Waals surface area contributed by atoms with Crippen LogP contribution in [0.4, 0.5) is 0 Å². The summed E-state index contributed by atoms with van der Waals surface area (Å²) in [5.74, 6) is -0.812. The van der Waals surface area contributed by atoms with Gasteiger partial charge in [-0.25, -0.2) is 4.79 Å². The third-order valence-corrected chi connectivity index (χ3v) is 2.64. The Labute approximate surface area is 100 Å². The van der Waals surface area contributed by atoms with Gasteiger partial charge in [0.05, 0.1) is 11.5 Å². The molecule has 0 amide bonds. The summed E-state index contributed by atoms with van der Waals surface area (Å²) in [4.78, 5) is 16.4. The van der Waals surface area contributed by atoms with E-state index in [0.717, 1.165) is 19.3 Å². The number of carbonyl (C=O) groups is 1. The minimum absolute atomic E-state index is 0.0826. The SMILES string of the molecule is CCCCC[C@@H]1O[N+]([O-])=C(C(=O)OCC)[C@H]1O. The highest BCUT2D eigenvalue weighted by molar-refractivity contribution is 6.36. The van der Waals surface area contributed by atoms with Crippen molar-refractivity contribution in [2.24, 2.45) is 0 Å². The van der Waals surface area contributed by atoms with E-state index in [1.54, 1.807) is 6.92 Å². The second-order valence-electron chi connectivity index (χ2n) is 3.95. The number of esters is 1. The number of rotatable bonds is 6. The molecule has 1 aliphatic rings. The topological polar surface area (TPSA) is 81.8 Å². The number of hydrogen-bond donors (Lipinski definition) is 1. The van der Waals surface area contributed by atoms with Crippen LogP contribution in [0.15, 0.2) is 0 Å². The highest BCUT2D eigenvalue weighted by Crippen LogP contribution is 2.18. The van der Waals surface area contributed by atoms with Gasteiger partial charge in [-0.2, -0.15) is 0 Å². The molecule has 6 nitrogen and oxygen atoms in total. The number of aliphatic hydroxyl groups is 1. The molecule has 0 aliphatic carbocycles. The summed E-state index contributed by atoms with van der Waals surface area (Å²) in [5, 5.41) is 21.2. The number of carbonyl (C=O) groups excluding carboxylic acids is 1. The van der Waals surface area contributed by atoms with Crippen molar-refractivity contribution in [1.29, 1.82) is 0 Å². The van der Waals surface area contributed by atoms with E-state index in [4.69, 9.17) is 4.84 Å². The van der Waals surface area contributed by atoms with E-state index < -0.39 is 18.2 Å². The van der Waals surface area contributed by atoms with Crippen LogP contribution in [0.25, 0.3) is 0 Å². The van der Waals surface area contributed by atoms with Gasteiger partial charge in [-0.1, -0.05) is 26.2 Å². The van der Waals surface area contributed by atoms with Gasteiger partial charge in [-0.15, -0.1) is 0 Å². The highest BCUT2D eigenvalue weighted by atomic mass is 16.9. The molecule has 0 radical (unpaired) electrons. The van der Waals surface area contributed by atoms with Crippen molar-refractivity contribution in [3.05, 3.63) is 5.21 Å². The minimum atomic E-state index is -1.19. The van der Waals surface area contributed by atoms with Crippen molar-refractivity contribution in [3.8, 4) is 0 Å². The van der Waals surface area contributed by atoms with Crippen LogP contribution in [0.2, 0.25) is 0 Å². The molecule has 2 atom stereocenters. The van der Waals surface area contributed by atoms with E-state index in [-0.39, 0.29) is 17.2 Å². The van der Waals surface area contributed by atoms with Gasteiger partial charge >= 0.3 is 11.7 Å². The van der Waals surface area contributed by atoms with E-state index in [9.17, 15) is 15.1 Å². The molecule has 0 aromatic heterocycles. The average Bonchev–Trinajstić information content (AvgIpc) is 2.55. The lowest BCUT2D eigenvalue weighted by Crippen LogP contribution is -2.35. The van der Waals surface area contributed by atoms with Gasteiger partial charge in [0.15, 0.2) is 6.10 Å². The second kappa shape index (κ2) is 6.44. The van der Waals surface area contributed by atoms with Gasteiger partial charge in [0.1, 0.15) is 6.10 Å². The maximum absolute atomic E-state index is 11.4. The Hall–Kier alpha value is -1.30. The largest absolute Gasteiger partial charge is 0.458 e. The average molecular weight is 245 g/mol. The van der Waals surface area contributed by atoms with Crippen molar-refractivity contribution in [3.63, 3.8) is 0 Å². The predicted molar refractivity (Wildman–Crippen MR) is 60.3 cm³/mol. The number of unbranched alkanes of at least 4 members (excludes halogenated alkanes) is 2. The Morgan fingerprint density at radius 2 is 2.24 bits per heavy atom. The van der Waals surface area contributed by atoms with Crippen molar-refractivity contribution in [1.82, 2.24) is 0 Å². The first kappa shape index (κ1) is 13.8. The lowest BCUT2D eigenvalue weighted by Gasteiger charge is -2.13. The van der Waals surface area contributed by atoms with Crippen LogP contribution < -0.4 is 0 Å². The van der Waals surface area contributed by atoms with Gasteiger partial charge in [0.25, 0.3) is 0 Å². The summed E-state index contributed by atoms with van der Waals surface area (Å²) in [6.07, 6.45) is 1.61. The Morgan fingerprint density at radius 1 is 1.53 bits per heavy atom. The van der Waals surface area contributed by atoms with Gasteiger partial charge in [0, 0.05) is 0 Å². The third kappa shape index (κ3) is 3.33. The molecule has 0 aromatic carbocycles. The zero-order valence-corrected chi connectivity index (χ0v) is 10.2. The molecule has 17 heavy (non-hydrogen) atoms. The lowest BCUT2D eigenvalue weighted by molar-refractivity contribution is -0.740. The van der Waals surface area contributed by atoms with Crippen molar-refractivity contribution >= 4 is 11.7 Å². The number of aliphatic hydroxyl groups excluding tert-OH is 1. The lowest BCUT2D eigenvalue weighted by atomic mass is 10.0. The van der Waals surface area contributed by atoms with Gasteiger partial charge in [0.2, 0.25) is 0 Å². The molecular formula is C11H19NO5. The predicted octanol–water partition coefficient (Wildman–Crippen LogP) is 0.756. The monoisotopic (exact) mass is 245 g/mol. The Morgan fingerprint density at radius 3 is 2.82 bits per heavy atom. The third-order valence-electron chi connectivity index (χ3n) is 2.64. The van der Waals surface area contributed by atoms with Crippen LogP contribution in [0.3, 0.4) is 0 Å². The van der Waals surface area contributed by atoms with Crippen LogP contribution in [0, 0.1) is 5.21 Å². The molecule has 1 rings (SSSR count). The van der Waals surface area contributed by atoms with Crippen LogP contribution in [-0.2, 0) is 14.4 Å². The van der Waals surface area contributed by atoms with Crippen LogP contribution in [0.5, 0.6) is 0 Å². The quantitative estimate of drug-likeness (QED) is 0.424. The Kier molecular flexibility index (Phi) is 5.21. The van der Waals surface area contributed by atoms with Crippen LogP contribution in [-0.4, -0.2) is 40.5 Å². The highest BCUT2D eigenvalue weighted by Gasteiger charge is 2.44. The molecule has 98 valence electrons. The van der Waals surface area contributed by atoms with E-state index >= 15 is 0 Å². The fraction of sp³-hybridized carbons (Fsp3) is 0.818. The molecule has 1 heterocycles. The summed E-state index contributed by atoms with van der Waals surface area (Å²) in [6, 6.07) is 0. The summed E-state index contributed by atoms with van der Waals surface area (Å²) in [6.45, 7) is 3.85. The van der Waals surface area contributed by atoms with Crippen LogP contribution in [0.1, 0.15) is 39.5 Å². The Balaban J connectivity index is 2.56. The fourth-order valence-corrected chi connectivity index (χ4v) is 1.73. The van der Waals surface area contributed by atoms with Gasteiger partial charge in [-0.3, -0.25) is 5.21 Å². The molecule has 0 bridgehead atoms. The smallest absolute Gasteiger partial charge is 0.408 e. The first-order valence-corrected chi connectivity index (χ1v) is 5.97. The van der Waals surface area contributed by atoms with Gasteiger partial charge < -0.3 is 14.7 Å². The fourth-order valence-electron chi connectivity index (χ4n) is 1.73. The number of nitrogens with zero attached hydrogens (tertiary/aromatic N) is 1. The standard InChI is InChI=1S/C11H19NO5/c1-3-5-6-7-8-10(13)9(12(15)17-8)11(14)16-4-2/h8,10,13H,3-7H2,1-2H3/t8-,10-/m0/s1. The summed E-state index contributed by atoms with van der Waals surface area (Å²) in [5.41, 5.74) is -0.353. The number of hydrogen-bond acceptors (Lipinski definition) is 5.